The van der Waals surface area contributed by atoms with Gasteiger partial charge in [0.05, 0.1) is 0 Å². The summed E-state index contributed by atoms with van der Waals surface area (Å²) in [4.78, 5) is 0. The Bertz CT molecular complexity index is 11.7. The van der Waals surface area contributed by atoms with E-state index in [9.17, 15) is 0 Å². The van der Waals surface area contributed by atoms with Gasteiger partial charge in [-0.1, -0.05) is 0 Å². The Balaban J connectivity index is -0.000000000500. The van der Waals surface area contributed by atoms with Gasteiger partial charge in [0.25, 0.3) is 0 Å². The largest absolute Gasteiger partial charge is 0.400 e. The molecule has 0 aliphatic heterocycles. The highest BCUT2D eigenvalue weighted by atomic mass is 28.1. The third kappa shape index (κ3) is 8420. The highest BCUT2D eigenvalue weighted by molar-refractivity contribution is 5.75. The molecule has 0 rings (SSSR count). The molecule has 0 spiro atoms. The summed E-state index contributed by atoms with van der Waals surface area (Å²) in [6, 6.07) is 0. The van der Waals surface area contributed by atoms with Crippen molar-refractivity contribution in [3.05, 3.63) is 0 Å². The van der Waals surface area contributed by atoms with Gasteiger partial charge < -0.3 is 5.11 Å². The topological polar surface area (TPSA) is 20.2 Å². The lowest BCUT2D eigenvalue weighted by Gasteiger charge is -1.21. The van der Waals surface area contributed by atoms with Crippen LogP contribution >= 0.6 is 0 Å². The van der Waals surface area contributed by atoms with E-state index < -0.39 is 0 Å². The fourth-order valence-electron chi connectivity index (χ4n) is 0. The quantitative estimate of drug-likeness (QED) is 0.333. The first-order valence-electron chi connectivity index (χ1n) is 0.447. The summed E-state index contributed by atoms with van der Waals surface area (Å²) in [7, 11) is 1.00. The molecule has 0 heterocycles. The van der Waals surface area contributed by atoms with Crippen LogP contribution in [-0.2, 0) is 0 Å². The van der Waals surface area contributed by atoms with Crippen molar-refractivity contribution in [2.45, 2.75) is 0 Å². The number of aliphatic hydroxyl groups is 1. The van der Waals surface area contributed by atoms with Gasteiger partial charge in [-0.25, -0.2) is 0 Å². The van der Waals surface area contributed by atoms with Crippen molar-refractivity contribution in [1.29, 1.82) is 0 Å². The molecule has 7 heavy (non-hydrogen) atoms. The molecule has 54 valence electrons. The maximum atomic E-state index is 7.00. The second kappa shape index (κ2) is 13300. The van der Waals surface area contributed by atoms with Gasteiger partial charge in [-0.05, 0) is 11.0 Å². The van der Waals surface area contributed by atoms with Crippen LogP contribution < -0.4 is 0 Å². The molecule has 0 aliphatic rings. The maximum Gasteiger partial charge on any atom is 0.0319 e. The Morgan fingerprint density at radius 3 is 0.714 bits per heavy atom. The molecule has 0 aromatic heterocycles. The predicted molar refractivity (Wildman–Crippen MR) is 29.5 cm³/mol. The molecule has 0 aromatic carbocycles. The van der Waals surface area contributed by atoms with Gasteiger partial charge in [-0.2, -0.15) is 0 Å². The Morgan fingerprint density at radius 1 is 0.714 bits per heavy atom. The van der Waals surface area contributed by atoms with Crippen LogP contribution in [0.25, 0.3) is 0 Å². The average molecular weight is 144 g/mol. The summed E-state index contributed by atoms with van der Waals surface area (Å²) in [5, 5.41) is 7.00. The Morgan fingerprint density at radius 2 is 0.714 bits per heavy atom. The average Bonchev–Trinajstić information content (AvgIpc) is 1.00. The fraction of sp³-hybridized carbons (Fsp3) is 1.00. The zero-order valence-corrected chi connectivity index (χ0v) is 3.08. The molecule has 0 radical (unpaired) electrons. The van der Waals surface area contributed by atoms with Crippen molar-refractivity contribution in [3.8, 4) is 0 Å². The van der Waals surface area contributed by atoms with Crippen molar-refractivity contribution < 1.29 is 23.9 Å². The standard InChI is InChI=1S/CH4O.4FH.H4Si/c1-2;;;;;/h2H,1H3;4*1H;1H4. The van der Waals surface area contributed by atoms with Crippen LogP contribution in [0.1, 0.15) is 0 Å². The molecule has 0 amide bonds. The lowest BCUT2D eigenvalue weighted by molar-refractivity contribution is 0.399. The smallest absolute Gasteiger partial charge is 0.0319 e. The van der Waals surface area contributed by atoms with E-state index in [0.29, 0.717) is 0 Å². The predicted octanol–water partition coefficient (Wildman–Crippen LogP) is -1.23. The Hall–Kier alpha value is -0.103. The minimum atomic E-state index is 0. The highest BCUT2D eigenvalue weighted by Gasteiger charge is 0.839. The van der Waals surface area contributed by atoms with Crippen molar-refractivity contribution >= 4 is 11.0 Å². The van der Waals surface area contributed by atoms with Gasteiger partial charge in [-0.15, -0.1) is 0 Å². The van der Waals surface area contributed by atoms with E-state index in [4.69, 9.17) is 5.11 Å². The molecule has 0 bridgehead atoms. The summed E-state index contributed by atoms with van der Waals surface area (Å²) in [5.41, 5.74) is 0. The zero-order chi connectivity index (χ0) is 2.00. The van der Waals surface area contributed by atoms with Crippen molar-refractivity contribution in [2.75, 3.05) is 7.11 Å². The Kier molecular flexibility index (Phi) is 566000. The number of aliphatic hydroxyl groups excluding tert-OH is 1. The molecule has 0 fully saturated rings. The minimum Gasteiger partial charge on any atom is -0.400 e. The third-order valence-electron chi connectivity index (χ3n) is 0. The molecule has 1 nitrogen and oxygen atoms in total. The van der Waals surface area contributed by atoms with Gasteiger partial charge in [-0.3, -0.25) is 18.8 Å². The van der Waals surface area contributed by atoms with E-state index in [0.717, 1.165) is 7.11 Å². The first-order chi connectivity index (χ1) is 1.00. The van der Waals surface area contributed by atoms with Crippen LogP contribution in [0.2, 0.25) is 0 Å². The van der Waals surface area contributed by atoms with Gasteiger partial charge in [0.1, 0.15) is 0 Å². The highest BCUT2D eigenvalue weighted by Crippen LogP contribution is 0.755. The first kappa shape index (κ1) is 298. The van der Waals surface area contributed by atoms with Crippen molar-refractivity contribution in [3.63, 3.8) is 0 Å². The second-order valence-electron chi connectivity index (χ2n) is 0. The molecule has 6 heteroatoms. The third-order valence-corrected chi connectivity index (χ3v) is 0. The molecular formula is CH12F4OSi. The number of rotatable bonds is 0. The molecular weight excluding hydrogens is 132 g/mol. The van der Waals surface area contributed by atoms with Crippen molar-refractivity contribution in [1.82, 2.24) is 0 Å². The first-order valence-corrected chi connectivity index (χ1v) is 0.447. The van der Waals surface area contributed by atoms with Gasteiger partial charge >= 0.3 is 0 Å². The molecule has 0 aliphatic carbocycles. The van der Waals surface area contributed by atoms with E-state index in [1.807, 2.05) is 0 Å². The lowest BCUT2D eigenvalue weighted by atomic mass is 11.8. The second-order valence-corrected chi connectivity index (χ2v) is 0. The fourth-order valence-corrected chi connectivity index (χ4v) is 0. The molecule has 0 saturated carbocycles. The SMILES string of the molecule is CO.F.F.F.F.[SiH4]. The van der Waals surface area contributed by atoms with Crippen LogP contribution in [0.5, 0.6) is 0 Å². The summed E-state index contributed by atoms with van der Waals surface area (Å²) in [6.45, 7) is 0. The molecule has 0 atom stereocenters. The van der Waals surface area contributed by atoms with Gasteiger partial charge in [0.15, 0.2) is 0 Å². The number of hydrogen-bond donors (Lipinski definition) is 1. The molecule has 1 N–H and O–H groups in total. The van der Waals surface area contributed by atoms with Crippen LogP contribution in [0.3, 0.4) is 0 Å². The summed E-state index contributed by atoms with van der Waals surface area (Å²) < 4.78 is 0. The van der Waals surface area contributed by atoms with Crippen LogP contribution in [-0.4, -0.2) is 23.2 Å². The Labute approximate surface area is 43.2 Å². The van der Waals surface area contributed by atoms with Crippen molar-refractivity contribution in [2.24, 2.45) is 0 Å². The van der Waals surface area contributed by atoms with E-state index in [2.05, 4.69) is 0 Å². The van der Waals surface area contributed by atoms with E-state index in [-0.39, 0.29) is 29.8 Å². The van der Waals surface area contributed by atoms with Gasteiger partial charge in [0.2, 0.25) is 0 Å². The minimum absolute atomic E-state index is 0. The van der Waals surface area contributed by atoms with Gasteiger partial charge in [0, 0.05) is 7.11 Å². The summed E-state index contributed by atoms with van der Waals surface area (Å²) >= 11 is 0. The van der Waals surface area contributed by atoms with Crippen LogP contribution in [0.15, 0.2) is 0 Å². The number of hydrogen-bond acceptors (Lipinski definition) is 1. The maximum absolute atomic E-state index is 7.00. The van der Waals surface area contributed by atoms with E-state index in [1.54, 1.807) is 0 Å². The molecule has 0 saturated heterocycles. The molecule has 0 unspecified atom stereocenters. The zero-order valence-electron chi connectivity index (χ0n) is 3.08. The monoisotopic (exact) mass is 144 g/mol. The summed E-state index contributed by atoms with van der Waals surface area (Å²) in [6.07, 6.45) is 0. The van der Waals surface area contributed by atoms with Crippen LogP contribution in [0, 0.1) is 0 Å². The summed E-state index contributed by atoms with van der Waals surface area (Å²) in [5.74, 6) is 0. The van der Waals surface area contributed by atoms with E-state index >= 15 is 0 Å². The van der Waals surface area contributed by atoms with Crippen LogP contribution in [0.4, 0.5) is 18.8 Å². The normalized spacial score (nSPS) is 0.857. The molecule has 0 aromatic rings. The number of halogens is 4. The lowest BCUT2D eigenvalue weighted by Crippen LogP contribution is -1.25. The van der Waals surface area contributed by atoms with E-state index in [1.165, 1.54) is 0 Å².